The monoisotopic (exact) mass is 425 g/mol. The zero-order chi connectivity index (χ0) is 22.3. The van der Waals surface area contributed by atoms with E-state index in [4.69, 9.17) is 4.74 Å². The second kappa shape index (κ2) is 7.92. The highest BCUT2D eigenvalue weighted by Gasteiger charge is 2.44. The van der Waals surface area contributed by atoms with Crippen molar-refractivity contribution in [3.8, 4) is 0 Å². The number of rotatable bonds is 4. The molecule has 0 aliphatic carbocycles. The minimum Gasteiger partial charge on any atom is -0.372 e. The lowest BCUT2D eigenvalue weighted by Crippen LogP contribution is -2.47. The number of nitro benzene ring substituents is 1. The van der Waals surface area contributed by atoms with Gasteiger partial charge < -0.3 is 9.64 Å². The highest BCUT2D eigenvalue weighted by atomic mass is 19.1. The Kier molecular flexibility index (Phi) is 5.28. The second-order valence-electron chi connectivity index (χ2n) is 7.59. The summed E-state index contributed by atoms with van der Waals surface area (Å²) in [5, 5.41) is 11.0. The van der Waals surface area contributed by atoms with Crippen LogP contribution in [0.2, 0.25) is 0 Å². The predicted octanol–water partition coefficient (Wildman–Crippen LogP) is 3.13. The molecule has 160 valence electrons. The van der Waals surface area contributed by atoms with E-state index in [-0.39, 0.29) is 34.9 Å². The Balaban J connectivity index is 1.85. The third-order valence-electron chi connectivity index (χ3n) is 5.26. The molecular formula is C22H20FN3O5. The highest BCUT2D eigenvalue weighted by molar-refractivity contribution is 6.45. The van der Waals surface area contributed by atoms with Crippen molar-refractivity contribution in [2.75, 3.05) is 18.0 Å². The molecule has 2 aromatic rings. The van der Waals surface area contributed by atoms with Crippen LogP contribution in [0.3, 0.4) is 0 Å². The number of nitrogens with zero attached hydrogens (tertiary/aromatic N) is 3. The number of benzene rings is 2. The number of hydrogen-bond donors (Lipinski definition) is 0. The maximum atomic E-state index is 14.5. The van der Waals surface area contributed by atoms with Crippen molar-refractivity contribution >= 4 is 28.8 Å². The van der Waals surface area contributed by atoms with Crippen LogP contribution < -0.4 is 4.90 Å². The quantitative estimate of drug-likeness (QED) is 0.425. The summed E-state index contributed by atoms with van der Waals surface area (Å²) in [7, 11) is 0. The average molecular weight is 425 g/mol. The van der Waals surface area contributed by atoms with Gasteiger partial charge in [0.1, 0.15) is 11.5 Å². The zero-order valence-electron chi connectivity index (χ0n) is 16.9. The van der Waals surface area contributed by atoms with Gasteiger partial charge in [0.15, 0.2) is 0 Å². The fraction of sp³-hybridized carbons (Fsp3) is 0.273. The first-order valence-corrected chi connectivity index (χ1v) is 9.80. The molecule has 1 saturated heterocycles. The highest BCUT2D eigenvalue weighted by Crippen LogP contribution is 2.37. The largest absolute Gasteiger partial charge is 0.372 e. The summed E-state index contributed by atoms with van der Waals surface area (Å²) in [6.07, 6.45) is -0.362. The minimum atomic E-state index is -0.697. The van der Waals surface area contributed by atoms with E-state index >= 15 is 0 Å². The molecule has 0 radical (unpaired) electrons. The molecule has 0 spiro atoms. The van der Waals surface area contributed by atoms with Crippen molar-refractivity contribution in [2.45, 2.75) is 26.1 Å². The van der Waals surface area contributed by atoms with Crippen LogP contribution in [0.5, 0.6) is 0 Å². The molecule has 2 atom stereocenters. The number of halogens is 1. The van der Waals surface area contributed by atoms with Crippen molar-refractivity contribution in [1.82, 2.24) is 4.90 Å². The fourth-order valence-corrected chi connectivity index (χ4v) is 4.03. The van der Waals surface area contributed by atoms with E-state index in [1.165, 1.54) is 42.5 Å². The van der Waals surface area contributed by atoms with Gasteiger partial charge in [-0.1, -0.05) is 12.1 Å². The van der Waals surface area contributed by atoms with Gasteiger partial charge >= 0.3 is 0 Å². The van der Waals surface area contributed by atoms with Gasteiger partial charge in [-0.2, -0.15) is 0 Å². The first-order valence-electron chi connectivity index (χ1n) is 9.80. The number of imide groups is 1. The van der Waals surface area contributed by atoms with Crippen LogP contribution in [0.15, 0.2) is 54.2 Å². The van der Waals surface area contributed by atoms with E-state index in [0.717, 1.165) is 4.90 Å². The smallest absolute Gasteiger partial charge is 0.282 e. The summed E-state index contributed by atoms with van der Waals surface area (Å²) >= 11 is 0. The number of ether oxygens (including phenoxy) is 1. The third kappa shape index (κ3) is 3.68. The average Bonchev–Trinajstić information content (AvgIpc) is 2.98. The van der Waals surface area contributed by atoms with E-state index in [2.05, 4.69) is 0 Å². The summed E-state index contributed by atoms with van der Waals surface area (Å²) in [6, 6.07) is 11.0. The van der Waals surface area contributed by atoms with E-state index in [1.807, 2.05) is 13.8 Å². The van der Waals surface area contributed by atoms with E-state index in [0.29, 0.717) is 18.7 Å². The van der Waals surface area contributed by atoms with Gasteiger partial charge in [-0.15, -0.1) is 0 Å². The lowest BCUT2D eigenvalue weighted by Gasteiger charge is -2.37. The van der Waals surface area contributed by atoms with Crippen molar-refractivity contribution in [2.24, 2.45) is 0 Å². The van der Waals surface area contributed by atoms with Gasteiger partial charge in [-0.3, -0.25) is 19.7 Å². The first kappa shape index (κ1) is 20.7. The molecule has 2 aliphatic heterocycles. The lowest BCUT2D eigenvalue weighted by molar-refractivity contribution is -0.384. The van der Waals surface area contributed by atoms with Crippen LogP contribution in [0.1, 0.15) is 19.4 Å². The molecule has 2 aliphatic rings. The number of carbonyl (C=O) groups excluding carboxylic acids is 2. The van der Waals surface area contributed by atoms with Crippen molar-refractivity contribution in [1.29, 1.82) is 0 Å². The number of hydrogen-bond acceptors (Lipinski definition) is 6. The Hall–Kier alpha value is -3.59. The normalized spacial score (nSPS) is 21.8. The number of para-hydroxylation sites is 1. The molecule has 2 heterocycles. The van der Waals surface area contributed by atoms with E-state index in [9.17, 15) is 24.1 Å². The molecule has 0 saturated carbocycles. The van der Waals surface area contributed by atoms with Gasteiger partial charge in [0.25, 0.3) is 17.5 Å². The maximum absolute atomic E-state index is 14.5. The third-order valence-corrected chi connectivity index (χ3v) is 5.26. The Morgan fingerprint density at radius 2 is 1.61 bits per heavy atom. The van der Waals surface area contributed by atoms with Crippen molar-refractivity contribution < 1.29 is 23.6 Å². The van der Waals surface area contributed by atoms with Gasteiger partial charge in [0.2, 0.25) is 0 Å². The Morgan fingerprint density at radius 3 is 2.19 bits per heavy atom. The number of carbonyl (C=O) groups is 2. The van der Waals surface area contributed by atoms with Crippen LogP contribution in [-0.2, 0) is 14.3 Å². The molecule has 2 unspecified atom stereocenters. The standard InChI is InChI=1S/C22H20FN3O5/c1-13-11-24(12-14(2)31-13)20-19(15-7-9-16(10-8-15)26(29)30)21(27)25(22(20)28)18-6-4-3-5-17(18)23/h3-10,13-14H,11-12H2,1-2H3. The molecule has 1 fully saturated rings. The Bertz CT molecular complexity index is 1090. The van der Waals surface area contributed by atoms with Crippen LogP contribution in [0.4, 0.5) is 15.8 Å². The lowest BCUT2D eigenvalue weighted by atomic mass is 10.0. The Morgan fingerprint density at radius 1 is 1.00 bits per heavy atom. The number of nitro groups is 1. The van der Waals surface area contributed by atoms with E-state index in [1.54, 1.807) is 11.0 Å². The molecule has 8 nitrogen and oxygen atoms in total. The maximum Gasteiger partial charge on any atom is 0.282 e. The van der Waals surface area contributed by atoms with Crippen molar-refractivity contribution in [3.63, 3.8) is 0 Å². The predicted molar refractivity (Wildman–Crippen MR) is 110 cm³/mol. The van der Waals surface area contributed by atoms with Gasteiger partial charge in [-0.05, 0) is 43.7 Å². The topological polar surface area (TPSA) is 93.0 Å². The molecule has 2 aromatic carbocycles. The second-order valence-corrected chi connectivity index (χ2v) is 7.59. The van der Waals surface area contributed by atoms with Crippen LogP contribution in [0.25, 0.3) is 5.57 Å². The number of non-ortho nitro benzene ring substituents is 1. The minimum absolute atomic E-state index is 0.0875. The van der Waals surface area contributed by atoms with Gasteiger partial charge in [0.05, 0.1) is 28.4 Å². The van der Waals surface area contributed by atoms with Crippen LogP contribution >= 0.6 is 0 Å². The van der Waals surface area contributed by atoms with Crippen LogP contribution in [-0.4, -0.2) is 46.9 Å². The summed E-state index contributed by atoms with van der Waals surface area (Å²) in [6.45, 7) is 4.48. The van der Waals surface area contributed by atoms with Crippen molar-refractivity contribution in [3.05, 3.63) is 75.7 Å². The zero-order valence-corrected chi connectivity index (χ0v) is 16.9. The SMILES string of the molecule is CC1CN(C2=C(c3ccc([N+](=O)[O-])cc3)C(=O)N(c3ccccc3F)C2=O)CC(C)O1. The first-order chi connectivity index (χ1) is 14.8. The molecule has 31 heavy (non-hydrogen) atoms. The number of anilines is 1. The summed E-state index contributed by atoms with van der Waals surface area (Å²) < 4.78 is 20.2. The number of amides is 2. The summed E-state index contributed by atoms with van der Waals surface area (Å²) in [5.41, 5.74) is 0.307. The molecule has 4 rings (SSSR count). The van der Waals surface area contributed by atoms with Gasteiger partial charge in [0, 0.05) is 25.2 Å². The summed E-state index contributed by atoms with van der Waals surface area (Å²) in [4.78, 5) is 39.9. The molecule has 0 N–H and O–H groups in total. The Labute approximate surface area is 177 Å². The van der Waals surface area contributed by atoms with Crippen LogP contribution in [0, 0.1) is 15.9 Å². The van der Waals surface area contributed by atoms with Gasteiger partial charge in [-0.25, -0.2) is 9.29 Å². The fourth-order valence-electron chi connectivity index (χ4n) is 4.03. The van der Waals surface area contributed by atoms with E-state index < -0.39 is 22.6 Å². The molecule has 2 amide bonds. The molecule has 0 aromatic heterocycles. The summed E-state index contributed by atoms with van der Waals surface area (Å²) in [5.74, 6) is -2.01. The molecule has 0 bridgehead atoms. The molecule has 9 heteroatoms. The molecular weight excluding hydrogens is 405 g/mol. The number of morpholine rings is 1.